The summed E-state index contributed by atoms with van der Waals surface area (Å²) in [6.45, 7) is 1.52. The Kier molecular flexibility index (Phi) is 2.29. The molecule has 0 saturated heterocycles. The first kappa shape index (κ1) is 9.33. The molecule has 0 spiro atoms. The van der Waals surface area contributed by atoms with E-state index in [1.807, 2.05) is 24.3 Å². The summed E-state index contributed by atoms with van der Waals surface area (Å²) in [6, 6.07) is 10.1. The Morgan fingerprint density at radius 2 is 2.25 bits per heavy atom. The van der Waals surface area contributed by atoms with Crippen molar-refractivity contribution in [2.75, 3.05) is 11.9 Å². The zero-order chi connectivity index (χ0) is 10.8. The van der Waals surface area contributed by atoms with Crippen LogP contribution in [0.5, 0.6) is 5.75 Å². The molecule has 3 rings (SSSR count). The Morgan fingerprint density at radius 3 is 3.12 bits per heavy atom. The number of nitrogens with one attached hydrogen (secondary N) is 1. The highest BCUT2D eigenvalue weighted by atomic mass is 16.5. The molecular weight excluding hydrogens is 202 g/mol. The van der Waals surface area contributed by atoms with Gasteiger partial charge in [0.05, 0.1) is 19.4 Å². The van der Waals surface area contributed by atoms with E-state index in [1.54, 1.807) is 6.26 Å². The molecule has 0 atom stereocenters. The first-order valence-electron chi connectivity index (χ1n) is 5.44. The van der Waals surface area contributed by atoms with Gasteiger partial charge in [0.15, 0.2) is 0 Å². The highest BCUT2D eigenvalue weighted by molar-refractivity contribution is 5.52. The molecule has 0 amide bonds. The smallest absolute Gasteiger partial charge is 0.122 e. The third-order valence-electron chi connectivity index (χ3n) is 2.74. The summed E-state index contributed by atoms with van der Waals surface area (Å²) in [5, 5.41) is 3.33. The highest BCUT2D eigenvalue weighted by Gasteiger charge is 2.11. The molecule has 0 aliphatic carbocycles. The quantitative estimate of drug-likeness (QED) is 0.854. The molecule has 1 aromatic heterocycles. The van der Waals surface area contributed by atoms with Crippen LogP contribution in [0.2, 0.25) is 0 Å². The molecule has 82 valence electrons. The van der Waals surface area contributed by atoms with Crippen LogP contribution in [0.4, 0.5) is 5.69 Å². The summed E-state index contributed by atoms with van der Waals surface area (Å²) in [4.78, 5) is 0. The van der Waals surface area contributed by atoms with Crippen molar-refractivity contribution >= 4 is 5.69 Å². The second-order valence-corrected chi connectivity index (χ2v) is 3.85. The fraction of sp³-hybridized carbons (Fsp3) is 0.231. The highest BCUT2D eigenvalue weighted by Crippen LogP contribution is 2.27. The van der Waals surface area contributed by atoms with Gasteiger partial charge < -0.3 is 14.5 Å². The molecule has 2 heterocycles. The molecule has 0 saturated carbocycles. The standard InChI is InChI=1S/C13H13NO2/c1-2-12(15-6-1)9-14-11-3-4-13-10(8-11)5-7-16-13/h1-4,6,8,14H,5,7,9H2. The van der Waals surface area contributed by atoms with Gasteiger partial charge in [-0.1, -0.05) is 0 Å². The molecule has 2 aromatic rings. The summed E-state index contributed by atoms with van der Waals surface area (Å²) in [7, 11) is 0. The predicted molar refractivity (Wildman–Crippen MR) is 61.7 cm³/mol. The lowest BCUT2D eigenvalue weighted by molar-refractivity contribution is 0.357. The van der Waals surface area contributed by atoms with Crippen LogP contribution in [0.15, 0.2) is 41.0 Å². The maximum atomic E-state index is 5.46. The number of hydrogen-bond donors (Lipinski definition) is 1. The number of hydrogen-bond acceptors (Lipinski definition) is 3. The first-order chi connectivity index (χ1) is 7.92. The number of benzene rings is 1. The molecule has 3 nitrogen and oxygen atoms in total. The van der Waals surface area contributed by atoms with Gasteiger partial charge in [-0.15, -0.1) is 0 Å². The summed E-state index contributed by atoms with van der Waals surface area (Å²) < 4.78 is 10.7. The van der Waals surface area contributed by atoms with Crippen molar-refractivity contribution in [1.82, 2.24) is 0 Å². The minimum absolute atomic E-state index is 0.715. The lowest BCUT2D eigenvalue weighted by Crippen LogP contribution is -1.98. The molecule has 1 aromatic carbocycles. The van der Waals surface area contributed by atoms with E-state index in [0.29, 0.717) is 6.54 Å². The number of anilines is 1. The number of ether oxygens (including phenoxy) is 1. The van der Waals surface area contributed by atoms with Crippen molar-refractivity contribution in [3.8, 4) is 5.75 Å². The van der Waals surface area contributed by atoms with E-state index in [2.05, 4.69) is 11.4 Å². The van der Waals surface area contributed by atoms with Crippen LogP contribution in [0, 0.1) is 0 Å². The Bertz CT molecular complexity index is 477. The van der Waals surface area contributed by atoms with Crippen LogP contribution < -0.4 is 10.1 Å². The molecule has 1 aliphatic rings. The fourth-order valence-corrected chi connectivity index (χ4v) is 1.90. The number of fused-ring (bicyclic) bond motifs is 1. The van der Waals surface area contributed by atoms with E-state index in [0.717, 1.165) is 30.2 Å². The van der Waals surface area contributed by atoms with Crippen molar-refractivity contribution in [3.63, 3.8) is 0 Å². The number of rotatable bonds is 3. The van der Waals surface area contributed by atoms with Gasteiger partial charge in [0.1, 0.15) is 11.5 Å². The molecule has 16 heavy (non-hydrogen) atoms. The van der Waals surface area contributed by atoms with Crippen LogP contribution in [0.3, 0.4) is 0 Å². The summed E-state index contributed by atoms with van der Waals surface area (Å²) in [6.07, 6.45) is 2.69. The first-order valence-corrected chi connectivity index (χ1v) is 5.44. The third-order valence-corrected chi connectivity index (χ3v) is 2.74. The summed E-state index contributed by atoms with van der Waals surface area (Å²) in [5.74, 6) is 1.96. The van der Waals surface area contributed by atoms with E-state index in [4.69, 9.17) is 9.15 Å². The molecule has 0 bridgehead atoms. The zero-order valence-electron chi connectivity index (χ0n) is 8.90. The monoisotopic (exact) mass is 215 g/mol. The molecular formula is C13H13NO2. The van der Waals surface area contributed by atoms with Crippen molar-refractivity contribution in [2.45, 2.75) is 13.0 Å². The molecule has 0 fully saturated rings. The van der Waals surface area contributed by atoms with Crippen LogP contribution in [0.1, 0.15) is 11.3 Å². The summed E-state index contributed by atoms with van der Waals surface area (Å²) in [5.41, 5.74) is 2.39. The van der Waals surface area contributed by atoms with Gasteiger partial charge in [-0.3, -0.25) is 0 Å². The Hall–Kier alpha value is -1.90. The topological polar surface area (TPSA) is 34.4 Å². The zero-order valence-corrected chi connectivity index (χ0v) is 8.90. The molecule has 1 N–H and O–H groups in total. The van der Waals surface area contributed by atoms with E-state index in [-0.39, 0.29) is 0 Å². The number of furan rings is 1. The van der Waals surface area contributed by atoms with Crippen LogP contribution in [0.25, 0.3) is 0 Å². The summed E-state index contributed by atoms with van der Waals surface area (Å²) >= 11 is 0. The van der Waals surface area contributed by atoms with Crippen molar-refractivity contribution < 1.29 is 9.15 Å². The maximum absolute atomic E-state index is 5.46. The molecule has 0 unspecified atom stereocenters. The van der Waals surface area contributed by atoms with Gasteiger partial charge in [-0.05, 0) is 35.9 Å². The molecule has 3 heteroatoms. The fourth-order valence-electron chi connectivity index (χ4n) is 1.90. The predicted octanol–water partition coefficient (Wildman–Crippen LogP) is 2.83. The minimum Gasteiger partial charge on any atom is -0.493 e. The van der Waals surface area contributed by atoms with E-state index >= 15 is 0 Å². The Labute approximate surface area is 94.0 Å². The van der Waals surface area contributed by atoms with Gasteiger partial charge in [-0.25, -0.2) is 0 Å². The largest absolute Gasteiger partial charge is 0.493 e. The Morgan fingerprint density at radius 1 is 1.25 bits per heavy atom. The van der Waals surface area contributed by atoms with Gasteiger partial charge in [0.2, 0.25) is 0 Å². The van der Waals surface area contributed by atoms with E-state index in [9.17, 15) is 0 Å². The van der Waals surface area contributed by atoms with Gasteiger partial charge >= 0.3 is 0 Å². The van der Waals surface area contributed by atoms with Crippen molar-refractivity contribution in [3.05, 3.63) is 47.9 Å². The minimum atomic E-state index is 0.715. The van der Waals surface area contributed by atoms with Crippen LogP contribution in [-0.4, -0.2) is 6.61 Å². The molecule has 1 aliphatic heterocycles. The van der Waals surface area contributed by atoms with E-state index in [1.165, 1.54) is 5.56 Å². The van der Waals surface area contributed by atoms with Gasteiger partial charge in [0, 0.05) is 12.1 Å². The van der Waals surface area contributed by atoms with E-state index < -0.39 is 0 Å². The van der Waals surface area contributed by atoms with Gasteiger partial charge in [-0.2, -0.15) is 0 Å². The molecule has 0 radical (unpaired) electrons. The lowest BCUT2D eigenvalue weighted by Gasteiger charge is -2.06. The Balaban J connectivity index is 1.71. The second kappa shape index (κ2) is 3.93. The maximum Gasteiger partial charge on any atom is 0.122 e. The average molecular weight is 215 g/mol. The average Bonchev–Trinajstić information content (AvgIpc) is 2.97. The third kappa shape index (κ3) is 1.76. The van der Waals surface area contributed by atoms with Crippen molar-refractivity contribution in [2.24, 2.45) is 0 Å². The normalized spacial score (nSPS) is 13.2. The van der Waals surface area contributed by atoms with Crippen LogP contribution in [-0.2, 0) is 13.0 Å². The second-order valence-electron chi connectivity index (χ2n) is 3.85. The lowest BCUT2D eigenvalue weighted by atomic mass is 10.1. The van der Waals surface area contributed by atoms with Gasteiger partial charge in [0.25, 0.3) is 0 Å². The SMILES string of the molecule is c1coc(CNc2ccc3c(c2)CCO3)c1. The van der Waals surface area contributed by atoms with Crippen molar-refractivity contribution in [1.29, 1.82) is 0 Å². The van der Waals surface area contributed by atoms with Crippen LogP contribution >= 0.6 is 0 Å².